The van der Waals surface area contributed by atoms with E-state index in [1.54, 1.807) is 0 Å². The number of aliphatic imine (C=N–C) groups is 1. The van der Waals surface area contributed by atoms with Gasteiger partial charge in [-0.05, 0) is 42.5 Å². The summed E-state index contributed by atoms with van der Waals surface area (Å²) >= 11 is 4.70. The van der Waals surface area contributed by atoms with Gasteiger partial charge in [0.15, 0.2) is 0 Å². The number of fused-ring (bicyclic) bond motifs is 1. The number of nitrogens with zero attached hydrogens (tertiary/aromatic N) is 2. The van der Waals surface area contributed by atoms with Crippen molar-refractivity contribution in [2.24, 2.45) is 4.99 Å². The fraction of sp³-hybridized carbons (Fsp3) is 0.118. The highest BCUT2D eigenvalue weighted by Gasteiger charge is 2.10. The van der Waals surface area contributed by atoms with Crippen LogP contribution in [0.5, 0.6) is 0 Å². The molecule has 1 aromatic heterocycles. The molecule has 0 spiro atoms. The summed E-state index contributed by atoms with van der Waals surface area (Å²) < 4.78 is 5.98. The fourth-order valence-corrected chi connectivity index (χ4v) is 2.36. The molecule has 3 nitrogen and oxygen atoms in total. The van der Waals surface area contributed by atoms with E-state index >= 15 is 0 Å². The Morgan fingerprint density at radius 2 is 1.86 bits per heavy atom. The minimum Gasteiger partial charge on any atom is -0.456 e. The molecule has 0 saturated carbocycles. The SMILES string of the molecule is CN(C)c1ccc2cc(-c3ccccc3N=C=S)oc2c1.Cl. The maximum absolute atomic E-state index is 5.98. The second kappa shape index (κ2) is 6.75. The van der Waals surface area contributed by atoms with Gasteiger partial charge in [-0.15, -0.1) is 12.4 Å². The molecule has 0 aliphatic rings. The van der Waals surface area contributed by atoms with Crippen LogP contribution < -0.4 is 4.90 Å². The smallest absolute Gasteiger partial charge is 0.137 e. The first-order valence-electron chi connectivity index (χ1n) is 6.57. The van der Waals surface area contributed by atoms with Crippen molar-refractivity contribution in [1.29, 1.82) is 0 Å². The lowest BCUT2D eigenvalue weighted by Crippen LogP contribution is -2.07. The minimum atomic E-state index is 0. The predicted octanol–water partition coefficient (Wildman–Crippen LogP) is 5.32. The quantitative estimate of drug-likeness (QED) is 0.480. The zero-order chi connectivity index (χ0) is 14.8. The highest BCUT2D eigenvalue weighted by atomic mass is 35.5. The molecule has 0 saturated heterocycles. The van der Waals surface area contributed by atoms with Gasteiger partial charge in [0.2, 0.25) is 0 Å². The van der Waals surface area contributed by atoms with Crippen molar-refractivity contribution in [3.05, 3.63) is 48.5 Å². The fourth-order valence-electron chi connectivity index (χ4n) is 2.26. The predicted molar refractivity (Wildman–Crippen MR) is 97.9 cm³/mol. The van der Waals surface area contributed by atoms with E-state index in [4.69, 9.17) is 16.6 Å². The van der Waals surface area contributed by atoms with Gasteiger partial charge >= 0.3 is 0 Å². The first-order chi connectivity index (χ1) is 10.2. The third kappa shape index (κ3) is 3.04. The second-order valence-electron chi connectivity index (χ2n) is 4.95. The highest BCUT2D eigenvalue weighted by Crippen LogP contribution is 2.35. The Balaban J connectivity index is 0.00000176. The third-order valence-electron chi connectivity index (χ3n) is 3.36. The minimum absolute atomic E-state index is 0. The zero-order valence-corrected chi connectivity index (χ0v) is 13.9. The van der Waals surface area contributed by atoms with Gasteiger partial charge in [0, 0.05) is 36.8 Å². The van der Waals surface area contributed by atoms with Gasteiger partial charge in [-0.3, -0.25) is 0 Å². The molecule has 0 aliphatic heterocycles. The molecule has 0 bridgehead atoms. The van der Waals surface area contributed by atoms with Gasteiger partial charge in [0.25, 0.3) is 0 Å². The average Bonchev–Trinajstić information content (AvgIpc) is 2.90. The summed E-state index contributed by atoms with van der Waals surface area (Å²) in [6, 6.07) is 15.9. The Labute approximate surface area is 140 Å². The normalized spacial score (nSPS) is 9.91. The molecular formula is C17H15ClN2OS. The van der Waals surface area contributed by atoms with E-state index in [1.807, 2.05) is 55.4 Å². The molecule has 22 heavy (non-hydrogen) atoms. The van der Waals surface area contributed by atoms with Crippen molar-refractivity contribution in [3.8, 4) is 11.3 Å². The van der Waals surface area contributed by atoms with Gasteiger partial charge in [0.1, 0.15) is 11.3 Å². The summed E-state index contributed by atoms with van der Waals surface area (Å²) in [5, 5.41) is 3.48. The zero-order valence-electron chi connectivity index (χ0n) is 12.2. The molecule has 2 aromatic carbocycles. The summed E-state index contributed by atoms with van der Waals surface area (Å²) in [7, 11) is 4.02. The largest absolute Gasteiger partial charge is 0.456 e. The number of halogens is 1. The van der Waals surface area contributed by atoms with E-state index in [2.05, 4.69) is 22.3 Å². The lowest BCUT2D eigenvalue weighted by Gasteiger charge is -2.11. The summed E-state index contributed by atoms with van der Waals surface area (Å²) in [6.07, 6.45) is 0. The third-order valence-corrected chi connectivity index (χ3v) is 3.45. The molecule has 1 heterocycles. The number of anilines is 1. The first-order valence-corrected chi connectivity index (χ1v) is 6.98. The number of isothiocyanates is 1. The van der Waals surface area contributed by atoms with Gasteiger partial charge < -0.3 is 9.32 Å². The van der Waals surface area contributed by atoms with Crippen molar-refractivity contribution < 1.29 is 4.42 Å². The van der Waals surface area contributed by atoms with Crippen LogP contribution in [-0.4, -0.2) is 19.3 Å². The Morgan fingerprint density at radius 3 is 2.59 bits per heavy atom. The van der Waals surface area contributed by atoms with E-state index in [9.17, 15) is 0 Å². The molecule has 112 valence electrons. The van der Waals surface area contributed by atoms with Crippen molar-refractivity contribution in [2.45, 2.75) is 0 Å². The molecule has 3 aromatic rings. The summed E-state index contributed by atoms with van der Waals surface area (Å²) in [5.74, 6) is 0.783. The topological polar surface area (TPSA) is 28.7 Å². The molecule has 5 heteroatoms. The van der Waals surface area contributed by atoms with E-state index in [0.29, 0.717) is 0 Å². The van der Waals surface area contributed by atoms with Crippen LogP contribution in [0.25, 0.3) is 22.3 Å². The second-order valence-corrected chi connectivity index (χ2v) is 5.13. The monoisotopic (exact) mass is 330 g/mol. The van der Waals surface area contributed by atoms with E-state index < -0.39 is 0 Å². The van der Waals surface area contributed by atoms with Crippen LogP contribution >= 0.6 is 24.6 Å². The van der Waals surface area contributed by atoms with Crippen LogP contribution in [0.1, 0.15) is 0 Å². The van der Waals surface area contributed by atoms with Crippen LogP contribution in [0.4, 0.5) is 11.4 Å². The molecule has 0 atom stereocenters. The van der Waals surface area contributed by atoms with E-state index in [-0.39, 0.29) is 12.4 Å². The number of rotatable bonds is 3. The van der Waals surface area contributed by atoms with Gasteiger partial charge in [-0.2, -0.15) is 4.99 Å². The van der Waals surface area contributed by atoms with Crippen molar-refractivity contribution in [2.75, 3.05) is 19.0 Å². The Morgan fingerprint density at radius 1 is 1.09 bits per heavy atom. The Bertz CT molecular complexity index is 851. The Kier molecular flexibility index (Phi) is 4.99. The van der Waals surface area contributed by atoms with Crippen LogP contribution in [-0.2, 0) is 0 Å². The molecule has 0 radical (unpaired) electrons. The summed E-state index contributed by atoms with van der Waals surface area (Å²) in [6.45, 7) is 0. The molecule has 0 unspecified atom stereocenters. The molecule has 0 amide bonds. The van der Waals surface area contributed by atoms with Gasteiger partial charge in [-0.25, -0.2) is 0 Å². The van der Waals surface area contributed by atoms with Gasteiger partial charge in [-0.1, -0.05) is 12.1 Å². The van der Waals surface area contributed by atoms with Crippen LogP contribution in [0.2, 0.25) is 0 Å². The molecule has 0 N–H and O–H groups in total. The molecule has 0 aliphatic carbocycles. The lowest BCUT2D eigenvalue weighted by atomic mass is 10.1. The molecule has 3 rings (SSSR count). The number of para-hydroxylation sites is 1. The first kappa shape index (κ1) is 16.2. The van der Waals surface area contributed by atoms with E-state index in [0.717, 1.165) is 33.7 Å². The Hall–Kier alpha value is -2.13. The summed E-state index contributed by atoms with van der Waals surface area (Å²) in [4.78, 5) is 6.14. The average molecular weight is 331 g/mol. The number of benzene rings is 2. The highest BCUT2D eigenvalue weighted by molar-refractivity contribution is 7.78. The lowest BCUT2D eigenvalue weighted by molar-refractivity contribution is 0.631. The number of hydrogen-bond acceptors (Lipinski definition) is 4. The van der Waals surface area contributed by atoms with E-state index in [1.165, 1.54) is 0 Å². The number of hydrogen-bond donors (Lipinski definition) is 0. The molecular weight excluding hydrogens is 316 g/mol. The standard InChI is InChI=1S/C17H14N2OS.ClH/c1-19(2)13-8-7-12-9-17(20-16(12)10-13)14-5-3-4-6-15(14)18-11-21;/h3-10H,1-2H3;1H. The number of thiocarbonyl (C=S) groups is 1. The van der Waals surface area contributed by atoms with Crippen LogP contribution in [0.15, 0.2) is 57.9 Å². The molecule has 0 fully saturated rings. The van der Waals surface area contributed by atoms with Crippen molar-refractivity contribution in [3.63, 3.8) is 0 Å². The summed E-state index contributed by atoms with van der Waals surface area (Å²) in [5.41, 5.74) is 3.64. The van der Waals surface area contributed by atoms with Crippen LogP contribution in [0, 0.1) is 0 Å². The van der Waals surface area contributed by atoms with Crippen molar-refractivity contribution >= 4 is 52.1 Å². The maximum atomic E-state index is 5.98. The maximum Gasteiger partial charge on any atom is 0.137 e. The van der Waals surface area contributed by atoms with Gasteiger partial charge in [0.05, 0.1) is 10.8 Å². The van der Waals surface area contributed by atoms with Crippen LogP contribution in [0.3, 0.4) is 0 Å². The number of furan rings is 1. The van der Waals surface area contributed by atoms with Crippen molar-refractivity contribution in [1.82, 2.24) is 0 Å².